The van der Waals surface area contributed by atoms with Crippen LogP contribution in [0.5, 0.6) is 0 Å². The number of benzene rings is 1. The summed E-state index contributed by atoms with van der Waals surface area (Å²) in [6, 6.07) is 6.74. The average molecular weight is 185 g/mol. The zero-order chi connectivity index (χ0) is 8.97. The van der Waals surface area contributed by atoms with Crippen LogP contribution in [0.15, 0.2) is 24.3 Å². The van der Waals surface area contributed by atoms with Crippen molar-refractivity contribution in [1.82, 2.24) is 5.32 Å². The average Bonchev–Trinajstić information content (AvgIpc) is 2.10. The smallest absolute Gasteiger partial charge is 0.128 e. The Balaban J connectivity index is 2.92. The second-order valence-corrected chi connectivity index (χ2v) is 2.91. The SMILES string of the molecule is CNC(CS)c1ccccc1F. The fraction of sp³-hybridized carbons (Fsp3) is 0.333. The van der Waals surface area contributed by atoms with Gasteiger partial charge in [-0.2, -0.15) is 12.6 Å². The molecule has 0 saturated carbocycles. The number of hydrogen-bond donors (Lipinski definition) is 2. The lowest BCUT2D eigenvalue weighted by Crippen LogP contribution is -2.18. The van der Waals surface area contributed by atoms with Gasteiger partial charge in [-0.15, -0.1) is 0 Å². The van der Waals surface area contributed by atoms with E-state index >= 15 is 0 Å². The molecular formula is C9H12FNS. The van der Waals surface area contributed by atoms with Crippen molar-refractivity contribution in [3.63, 3.8) is 0 Å². The molecule has 0 saturated heterocycles. The summed E-state index contributed by atoms with van der Waals surface area (Å²) in [5, 5.41) is 2.99. The number of rotatable bonds is 3. The molecule has 0 aliphatic rings. The van der Waals surface area contributed by atoms with E-state index in [2.05, 4.69) is 17.9 Å². The van der Waals surface area contributed by atoms with Gasteiger partial charge in [0.25, 0.3) is 0 Å². The largest absolute Gasteiger partial charge is 0.312 e. The molecule has 0 amide bonds. The van der Waals surface area contributed by atoms with Crippen LogP contribution in [0.4, 0.5) is 4.39 Å². The molecule has 0 bridgehead atoms. The van der Waals surface area contributed by atoms with Gasteiger partial charge >= 0.3 is 0 Å². The van der Waals surface area contributed by atoms with Gasteiger partial charge in [0, 0.05) is 17.4 Å². The summed E-state index contributed by atoms with van der Waals surface area (Å²) in [6.07, 6.45) is 0. The maximum Gasteiger partial charge on any atom is 0.128 e. The number of nitrogens with one attached hydrogen (secondary N) is 1. The van der Waals surface area contributed by atoms with E-state index < -0.39 is 0 Å². The van der Waals surface area contributed by atoms with Gasteiger partial charge in [-0.25, -0.2) is 4.39 Å². The van der Waals surface area contributed by atoms with Gasteiger partial charge in [0.05, 0.1) is 0 Å². The minimum absolute atomic E-state index is 0.00506. The predicted octanol–water partition coefficient (Wildman–Crippen LogP) is 2.02. The van der Waals surface area contributed by atoms with Gasteiger partial charge in [-0.05, 0) is 13.1 Å². The van der Waals surface area contributed by atoms with Crippen LogP contribution in [0.2, 0.25) is 0 Å². The standard InChI is InChI=1S/C9H12FNS/c1-11-9(6-12)7-4-2-3-5-8(7)10/h2-5,9,11-12H,6H2,1H3. The fourth-order valence-electron chi connectivity index (χ4n) is 1.10. The van der Waals surface area contributed by atoms with E-state index in [0.717, 1.165) is 0 Å². The summed E-state index contributed by atoms with van der Waals surface area (Å²) < 4.78 is 13.1. The highest BCUT2D eigenvalue weighted by Crippen LogP contribution is 2.16. The van der Waals surface area contributed by atoms with Crippen LogP contribution < -0.4 is 5.32 Å². The van der Waals surface area contributed by atoms with Crippen LogP contribution in [0.25, 0.3) is 0 Å². The van der Waals surface area contributed by atoms with Gasteiger partial charge < -0.3 is 5.32 Å². The summed E-state index contributed by atoms with van der Waals surface area (Å²) in [5.41, 5.74) is 0.676. The van der Waals surface area contributed by atoms with Crippen molar-refractivity contribution in [2.45, 2.75) is 6.04 Å². The highest BCUT2D eigenvalue weighted by molar-refractivity contribution is 7.80. The van der Waals surface area contributed by atoms with E-state index in [-0.39, 0.29) is 11.9 Å². The van der Waals surface area contributed by atoms with Crippen LogP contribution in [-0.4, -0.2) is 12.8 Å². The Morgan fingerprint density at radius 3 is 2.67 bits per heavy atom. The summed E-state index contributed by atoms with van der Waals surface area (Å²) in [5.74, 6) is 0.420. The van der Waals surface area contributed by atoms with Gasteiger partial charge in [0.15, 0.2) is 0 Å². The minimum Gasteiger partial charge on any atom is -0.312 e. The summed E-state index contributed by atoms with van der Waals surface area (Å²) in [7, 11) is 1.80. The van der Waals surface area contributed by atoms with E-state index in [4.69, 9.17) is 0 Å². The molecule has 1 nitrogen and oxygen atoms in total. The Labute approximate surface area is 77.4 Å². The minimum atomic E-state index is -0.175. The second-order valence-electron chi connectivity index (χ2n) is 2.55. The maximum atomic E-state index is 13.1. The van der Waals surface area contributed by atoms with Crippen molar-refractivity contribution in [2.75, 3.05) is 12.8 Å². The molecule has 12 heavy (non-hydrogen) atoms. The lowest BCUT2D eigenvalue weighted by atomic mass is 10.1. The molecule has 1 atom stereocenters. The van der Waals surface area contributed by atoms with E-state index in [1.165, 1.54) is 6.07 Å². The highest BCUT2D eigenvalue weighted by atomic mass is 32.1. The first-order valence-corrected chi connectivity index (χ1v) is 4.45. The number of hydrogen-bond acceptors (Lipinski definition) is 2. The number of halogens is 1. The molecule has 0 aromatic heterocycles. The van der Waals surface area contributed by atoms with Crippen molar-refractivity contribution in [3.05, 3.63) is 35.6 Å². The molecule has 0 heterocycles. The Morgan fingerprint density at radius 2 is 2.17 bits per heavy atom. The van der Waals surface area contributed by atoms with Gasteiger partial charge in [0.1, 0.15) is 5.82 Å². The van der Waals surface area contributed by atoms with Gasteiger partial charge in [-0.3, -0.25) is 0 Å². The molecule has 1 aromatic carbocycles. The number of thiol groups is 1. The quantitative estimate of drug-likeness (QED) is 0.686. The van der Waals surface area contributed by atoms with Crippen molar-refractivity contribution >= 4 is 12.6 Å². The van der Waals surface area contributed by atoms with Gasteiger partial charge in [-0.1, -0.05) is 18.2 Å². The Hall–Kier alpha value is -0.540. The summed E-state index contributed by atoms with van der Waals surface area (Å²) in [4.78, 5) is 0. The molecule has 3 heteroatoms. The van der Waals surface area contributed by atoms with E-state index in [9.17, 15) is 4.39 Å². The van der Waals surface area contributed by atoms with E-state index in [0.29, 0.717) is 11.3 Å². The normalized spacial score (nSPS) is 12.9. The highest BCUT2D eigenvalue weighted by Gasteiger charge is 2.10. The zero-order valence-electron chi connectivity index (χ0n) is 6.92. The van der Waals surface area contributed by atoms with Crippen molar-refractivity contribution in [1.29, 1.82) is 0 Å². The molecule has 0 fully saturated rings. The predicted molar refractivity (Wildman–Crippen MR) is 52.1 cm³/mol. The first-order valence-electron chi connectivity index (χ1n) is 3.82. The summed E-state index contributed by atoms with van der Waals surface area (Å²) in [6.45, 7) is 0. The van der Waals surface area contributed by atoms with Crippen LogP contribution >= 0.6 is 12.6 Å². The molecule has 0 aliphatic heterocycles. The van der Waals surface area contributed by atoms with Crippen molar-refractivity contribution in [3.8, 4) is 0 Å². The second kappa shape index (κ2) is 4.48. The molecule has 0 radical (unpaired) electrons. The fourth-order valence-corrected chi connectivity index (χ4v) is 1.48. The zero-order valence-corrected chi connectivity index (χ0v) is 7.81. The lowest BCUT2D eigenvalue weighted by molar-refractivity contribution is 0.566. The third kappa shape index (κ3) is 1.99. The molecule has 0 aliphatic carbocycles. The van der Waals surface area contributed by atoms with Crippen LogP contribution in [-0.2, 0) is 0 Å². The molecule has 1 rings (SSSR count). The Kier molecular flexibility index (Phi) is 3.56. The monoisotopic (exact) mass is 185 g/mol. The van der Waals surface area contributed by atoms with Crippen molar-refractivity contribution in [2.24, 2.45) is 0 Å². The molecule has 0 spiro atoms. The molecule has 66 valence electrons. The molecule has 1 unspecified atom stereocenters. The van der Waals surface area contributed by atoms with Crippen LogP contribution in [0.3, 0.4) is 0 Å². The van der Waals surface area contributed by atoms with Gasteiger partial charge in [0.2, 0.25) is 0 Å². The topological polar surface area (TPSA) is 12.0 Å². The first kappa shape index (κ1) is 9.55. The molecular weight excluding hydrogens is 173 g/mol. The molecule has 1 aromatic rings. The van der Waals surface area contributed by atoms with Crippen molar-refractivity contribution < 1.29 is 4.39 Å². The van der Waals surface area contributed by atoms with Crippen LogP contribution in [0, 0.1) is 5.82 Å². The lowest BCUT2D eigenvalue weighted by Gasteiger charge is -2.13. The third-order valence-electron chi connectivity index (χ3n) is 1.81. The summed E-state index contributed by atoms with van der Waals surface area (Å²) >= 11 is 4.13. The Bertz CT molecular complexity index is 248. The molecule has 1 N–H and O–H groups in total. The van der Waals surface area contributed by atoms with Crippen LogP contribution in [0.1, 0.15) is 11.6 Å². The van der Waals surface area contributed by atoms with E-state index in [1.807, 2.05) is 6.07 Å². The maximum absolute atomic E-state index is 13.1. The third-order valence-corrected chi connectivity index (χ3v) is 2.18. The first-order chi connectivity index (χ1) is 5.79. The Morgan fingerprint density at radius 1 is 1.50 bits per heavy atom. The van der Waals surface area contributed by atoms with E-state index in [1.54, 1.807) is 19.2 Å².